The second-order valence-electron chi connectivity index (χ2n) is 8.38. The van der Waals surface area contributed by atoms with E-state index >= 15 is 0 Å². The van der Waals surface area contributed by atoms with E-state index in [4.69, 9.17) is 26.4 Å². The Morgan fingerprint density at radius 2 is 2.17 bits per heavy atom. The molecule has 1 fully saturated rings. The highest BCUT2D eigenvalue weighted by Gasteiger charge is 2.41. The average Bonchev–Trinajstić information content (AvgIpc) is 3.27. The molecular formula is C24H23ClFN5O4. The summed E-state index contributed by atoms with van der Waals surface area (Å²) in [6.45, 7) is 0.885. The molecular weight excluding hydrogens is 477 g/mol. The zero-order valence-electron chi connectivity index (χ0n) is 18.6. The number of urea groups is 1. The van der Waals surface area contributed by atoms with Gasteiger partial charge >= 0.3 is 6.03 Å². The topological polar surface area (TPSA) is 111 Å². The third-order valence-corrected chi connectivity index (χ3v) is 6.26. The fourth-order valence-electron chi connectivity index (χ4n) is 4.31. The number of fused-ring (bicyclic) bond motifs is 4. The second-order valence-corrected chi connectivity index (χ2v) is 8.79. The molecule has 2 aliphatic rings. The maximum absolute atomic E-state index is 13.9. The molecule has 3 N–H and O–H groups in total. The van der Waals surface area contributed by atoms with Gasteiger partial charge in [-0.05, 0) is 30.7 Å². The quantitative estimate of drug-likeness (QED) is 0.477. The number of halogens is 2. The highest BCUT2D eigenvalue weighted by Crippen LogP contribution is 2.43. The van der Waals surface area contributed by atoms with Gasteiger partial charge in [-0.25, -0.2) is 19.2 Å². The highest BCUT2D eigenvalue weighted by atomic mass is 35.5. The van der Waals surface area contributed by atoms with Crippen molar-refractivity contribution in [3.63, 3.8) is 0 Å². The van der Waals surface area contributed by atoms with Crippen LogP contribution >= 0.6 is 11.6 Å². The number of rotatable bonds is 6. The Morgan fingerprint density at radius 3 is 2.97 bits per heavy atom. The third kappa shape index (κ3) is 4.72. The SMILES string of the molecule is O=C(Nc1cc(OCC(O)CO)ccn1)N1c2nc(-c3cccc(F)c3)c(Cl)cc2N2CC[C@H]1C2. The monoisotopic (exact) mass is 499 g/mol. The number of benzene rings is 1. The van der Waals surface area contributed by atoms with Crippen LogP contribution in [-0.4, -0.2) is 64.7 Å². The summed E-state index contributed by atoms with van der Waals surface area (Å²) in [5.41, 5.74) is 1.64. The van der Waals surface area contributed by atoms with Gasteiger partial charge in [0.15, 0.2) is 5.82 Å². The van der Waals surface area contributed by atoms with Crippen LogP contribution in [0.1, 0.15) is 6.42 Å². The molecule has 2 aromatic heterocycles. The number of anilines is 3. The summed E-state index contributed by atoms with van der Waals surface area (Å²) >= 11 is 6.53. The number of carbonyl (C=O) groups excluding carboxylic acids is 1. The van der Waals surface area contributed by atoms with Gasteiger partial charge in [0.05, 0.1) is 29.1 Å². The van der Waals surface area contributed by atoms with E-state index in [1.807, 2.05) is 0 Å². The van der Waals surface area contributed by atoms with E-state index in [0.29, 0.717) is 34.4 Å². The van der Waals surface area contributed by atoms with Gasteiger partial charge in [-0.1, -0.05) is 23.7 Å². The van der Waals surface area contributed by atoms with Gasteiger partial charge in [0, 0.05) is 30.9 Å². The standard InChI is InChI=1S/C24H23ClFN5O4/c25-19-10-20-23(29-22(19)14-2-1-3-15(26)8-14)31(16-5-7-30(20)11-16)24(34)28-21-9-18(4-6-27-21)35-13-17(33)12-32/h1-4,6,8-10,16-17,32-33H,5,7,11-13H2,(H,27,28,34)/t16-,17?/m0/s1. The Balaban J connectivity index is 1.44. The number of hydrogen-bond donors (Lipinski definition) is 3. The molecule has 2 aliphatic heterocycles. The minimum Gasteiger partial charge on any atom is -0.491 e. The van der Waals surface area contributed by atoms with E-state index in [1.165, 1.54) is 24.4 Å². The van der Waals surface area contributed by atoms with E-state index in [0.717, 1.165) is 18.7 Å². The van der Waals surface area contributed by atoms with Gasteiger partial charge < -0.3 is 19.8 Å². The number of aromatic nitrogens is 2. The summed E-state index contributed by atoms with van der Waals surface area (Å²) in [6, 6.07) is 10.4. The summed E-state index contributed by atoms with van der Waals surface area (Å²) in [5.74, 6) is 0.675. The molecule has 0 aliphatic carbocycles. The van der Waals surface area contributed by atoms with E-state index in [9.17, 15) is 14.3 Å². The molecule has 1 saturated heterocycles. The van der Waals surface area contributed by atoms with Crippen molar-refractivity contribution in [2.45, 2.75) is 18.6 Å². The van der Waals surface area contributed by atoms with Gasteiger partial charge in [-0.3, -0.25) is 10.2 Å². The van der Waals surface area contributed by atoms with Crippen LogP contribution in [0, 0.1) is 5.82 Å². The van der Waals surface area contributed by atoms with Crippen LogP contribution in [0.15, 0.2) is 48.7 Å². The molecule has 0 saturated carbocycles. The van der Waals surface area contributed by atoms with Gasteiger partial charge in [0.2, 0.25) is 0 Å². The molecule has 4 heterocycles. The van der Waals surface area contributed by atoms with Crippen molar-refractivity contribution in [1.29, 1.82) is 0 Å². The van der Waals surface area contributed by atoms with Crippen LogP contribution in [0.25, 0.3) is 11.3 Å². The Morgan fingerprint density at radius 1 is 1.31 bits per heavy atom. The number of amides is 2. The Labute approximate surface area is 205 Å². The molecule has 9 nitrogen and oxygen atoms in total. The lowest BCUT2D eigenvalue weighted by Gasteiger charge is -2.36. The molecule has 2 atom stereocenters. The van der Waals surface area contributed by atoms with E-state index in [1.54, 1.807) is 29.2 Å². The Hall–Kier alpha value is -3.47. The highest BCUT2D eigenvalue weighted by molar-refractivity contribution is 6.33. The largest absolute Gasteiger partial charge is 0.491 e. The smallest absolute Gasteiger partial charge is 0.329 e. The number of nitrogens with one attached hydrogen (secondary N) is 1. The van der Waals surface area contributed by atoms with Gasteiger partial charge in [-0.2, -0.15) is 0 Å². The number of pyridine rings is 2. The van der Waals surface area contributed by atoms with Crippen molar-refractivity contribution in [3.05, 3.63) is 59.5 Å². The predicted molar refractivity (Wildman–Crippen MR) is 130 cm³/mol. The Bertz CT molecular complexity index is 1260. The lowest BCUT2D eigenvalue weighted by Crippen LogP contribution is -2.48. The van der Waals surface area contributed by atoms with Crippen LogP contribution in [-0.2, 0) is 0 Å². The lowest BCUT2D eigenvalue weighted by atomic mass is 10.1. The molecule has 5 rings (SSSR count). The van der Waals surface area contributed by atoms with Crippen LogP contribution in [0.3, 0.4) is 0 Å². The minimum atomic E-state index is -1.01. The van der Waals surface area contributed by atoms with E-state index in [2.05, 4.69) is 15.2 Å². The van der Waals surface area contributed by atoms with Crippen LogP contribution in [0.2, 0.25) is 5.02 Å². The zero-order chi connectivity index (χ0) is 24.5. The maximum Gasteiger partial charge on any atom is 0.329 e. The summed E-state index contributed by atoms with van der Waals surface area (Å²) in [4.78, 5) is 26.1. The molecule has 3 aromatic rings. The molecule has 1 unspecified atom stereocenters. The van der Waals surface area contributed by atoms with Crippen LogP contribution in [0.5, 0.6) is 5.75 Å². The summed E-state index contributed by atoms with van der Waals surface area (Å²) < 4.78 is 19.3. The summed E-state index contributed by atoms with van der Waals surface area (Å²) in [5, 5.41) is 21.6. The third-order valence-electron chi connectivity index (χ3n) is 5.97. The molecule has 0 spiro atoms. The number of aliphatic hydroxyl groups is 2. The molecule has 0 radical (unpaired) electrons. The van der Waals surface area contributed by atoms with Gasteiger partial charge in [-0.15, -0.1) is 0 Å². The Kier molecular flexibility index (Phi) is 6.42. The number of carbonyl (C=O) groups is 1. The minimum absolute atomic E-state index is 0.0984. The average molecular weight is 500 g/mol. The first kappa shape index (κ1) is 23.3. The van der Waals surface area contributed by atoms with Crippen molar-refractivity contribution in [2.75, 3.05) is 41.4 Å². The van der Waals surface area contributed by atoms with E-state index < -0.39 is 24.6 Å². The summed E-state index contributed by atoms with van der Waals surface area (Å²) in [7, 11) is 0. The van der Waals surface area contributed by atoms with Gasteiger partial charge in [0.1, 0.15) is 30.1 Å². The second kappa shape index (κ2) is 9.65. The first-order chi connectivity index (χ1) is 16.9. The molecule has 2 bridgehead atoms. The predicted octanol–water partition coefficient (Wildman–Crippen LogP) is 3.30. The first-order valence-corrected chi connectivity index (χ1v) is 11.5. The molecule has 11 heteroatoms. The van der Waals surface area contributed by atoms with Crippen molar-refractivity contribution >= 4 is 35.0 Å². The van der Waals surface area contributed by atoms with Crippen molar-refractivity contribution in [3.8, 4) is 17.0 Å². The first-order valence-electron chi connectivity index (χ1n) is 11.1. The summed E-state index contributed by atoms with van der Waals surface area (Å²) in [6.07, 6.45) is 1.21. The zero-order valence-corrected chi connectivity index (χ0v) is 19.3. The number of aliphatic hydroxyl groups excluding tert-OH is 2. The van der Waals surface area contributed by atoms with Crippen LogP contribution in [0.4, 0.5) is 26.5 Å². The normalized spacial score (nSPS) is 17.2. The van der Waals surface area contributed by atoms with Crippen LogP contribution < -0.4 is 19.9 Å². The van der Waals surface area contributed by atoms with Crippen molar-refractivity contribution in [2.24, 2.45) is 0 Å². The number of nitrogens with zero attached hydrogens (tertiary/aromatic N) is 4. The molecule has 182 valence electrons. The van der Waals surface area contributed by atoms with Crippen molar-refractivity contribution in [1.82, 2.24) is 9.97 Å². The number of ether oxygens (including phenoxy) is 1. The maximum atomic E-state index is 13.9. The van der Waals surface area contributed by atoms with E-state index in [-0.39, 0.29) is 18.5 Å². The van der Waals surface area contributed by atoms with Crippen molar-refractivity contribution < 1.29 is 24.1 Å². The lowest BCUT2D eigenvalue weighted by molar-refractivity contribution is 0.0536. The van der Waals surface area contributed by atoms with Gasteiger partial charge in [0.25, 0.3) is 0 Å². The fourth-order valence-corrected chi connectivity index (χ4v) is 4.56. The number of hydrogen-bond acceptors (Lipinski definition) is 7. The molecule has 2 amide bonds. The fraction of sp³-hybridized carbons (Fsp3) is 0.292. The molecule has 35 heavy (non-hydrogen) atoms. The molecule has 1 aromatic carbocycles.